The first-order valence-corrected chi connectivity index (χ1v) is 27.1. The Balaban J connectivity index is 0.000000195. The molecule has 0 aliphatic heterocycles. The third-order valence-corrected chi connectivity index (χ3v) is 14.9. The second kappa shape index (κ2) is 21.9. The van der Waals surface area contributed by atoms with Gasteiger partial charge in [-0.1, -0.05) is 302 Å². The van der Waals surface area contributed by atoms with Crippen LogP contribution in [0.4, 0.5) is 0 Å². The standard InChI is InChI=1S/C48H30O.C42H26O/c1-2-12-31(13-3-1)32-22-24-34(25-23-32)36-15-6-7-17-38(36)47-41-20-10-8-18-39(41)46(40-19-9-11-21-42(40)47)35-27-28-44-43(30-35)48-37-16-5-4-14-33(37)26-29-45(48)49-44;1-2-12-27(13-3-1)30-15-6-7-17-32(30)41-35-20-10-8-18-33(35)40(34-19-9-11-21-36(34)41)29-23-24-38-37(26-29)42-31-16-5-4-14-28(31)22-25-39(42)43-38/h1-30H;1-26H/i1D,2D,3D,4D,5D,6D,7D,8D,9D,10D,11D,12D,13D,14D,15D,16D,17D,18D,19D,20D,21D,22D,23D,24D,25D,26D,27D,28D,29D,30D;1D,2D,3D,4D,5D,6D,7D,8D,9D,10D,11D,12D,13D,14D,15D,16D,17D,18D,19D,20D,21D,22D,23D,24D,25D,26D. The normalized spacial score (nSPS) is 20.2. The van der Waals surface area contributed by atoms with E-state index in [1.165, 1.54) is 0 Å². The Labute approximate surface area is 610 Å². The molecular formula is C90H56O2. The summed E-state index contributed by atoms with van der Waals surface area (Å²) in [5.74, 6) is 0. The Bertz CT molecular complexity index is 9400. The van der Waals surface area contributed by atoms with Gasteiger partial charge in [0.1, 0.15) is 22.3 Å². The SMILES string of the molecule is [2H]c1c([2H])c([2H])c(-c2c([2H])c([2H])c(-c3c([2H])c([2H])c([2H])c([2H])c3-c3c4c([2H])c([2H])c([2H])c([2H])c4c(-c4c([2H])c([2H])c5oc6c([2H])c([2H])c7c([2H])c([2H])c([2H])c([2H])c7c6c5c4[2H])c4c([2H])c([2H])c([2H])c([2H])c34)c([2H])c2[2H])c([2H])c1[2H].[2H]c1c([2H])c([2H])c(-c2c([2H])c([2H])c([2H])c([2H])c2-c2c3c([2H])c([2H])c([2H])c([2H])c3c(-c3c([2H])c([2H])c4oc5c([2H])c([2H])c6c([2H])c([2H])c([2H])c([2H])c6c5c4c3[2H])c3c([2H])c([2H])c([2H])c([2H])c23)c([2H])c1[2H]. The Kier molecular flexibility index (Phi) is 5.06. The maximum absolute atomic E-state index is 9.95. The summed E-state index contributed by atoms with van der Waals surface area (Å²) in [7, 11) is 0. The van der Waals surface area contributed by atoms with Gasteiger partial charge in [0.25, 0.3) is 0 Å². The molecule has 0 fully saturated rings. The van der Waals surface area contributed by atoms with E-state index in [1.807, 2.05) is 0 Å². The molecule has 0 unspecified atom stereocenters. The van der Waals surface area contributed by atoms with E-state index >= 15 is 0 Å². The van der Waals surface area contributed by atoms with Crippen LogP contribution < -0.4 is 0 Å². The van der Waals surface area contributed by atoms with Crippen LogP contribution in [0.15, 0.2) is 347 Å². The molecule has 0 radical (unpaired) electrons. The Morgan fingerprint density at radius 2 is 0.446 bits per heavy atom. The highest BCUT2D eigenvalue weighted by atomic mass is 16.3. The third kappa shape index (κ3) is 8.72. The zero-order valence-corrected chi connectivity index (χ0v) is 45.8. The predicted octanol–water partition coefficient (Wildman–Crippen LogP) is 25.8. The number of furan rings is 2. The van der Waals surface area contributed by atoms with Crippen LogP contribution in [0.3, 0.4) is 0 Å². The van der Waals surface area contributed by atoms with Gasteiger partial charge in [-0.25, -0.2) is 0 Å². The lowest BCUT2D eigenvalue weighted by atomic mass is 9.83. The van der Waals surface area contributed by atoms with E-state index in [0.717, 1.165) is 0 Å². The van der Waals surface area contributed by atoms with E-state index in [0.29, 0.717) is 0 Å². The molecule has 19 aromatic rings. The zero-order valence-electron chi connectivity index (χ0n) is 102. The molecule has 17 aromatic carbocycles. The van der Waals surface area contributed by atoms with Crippen LogP contribution in [0.5, 0.6) is 0 Å². The van der Waals surface area contributed by atoms with E-state index in [9.17, 15) is 28.8 Å². The van der Waals surface area contributed by atoms with Crippen LogP contribution in [0, 0.1) is 0 Å². The average Bonchev–Trinajstić information content (AvgIpc) is 1.47. The van der Waals surface area contributed by atoms with Crippen LogP contribution in [0.2, 0.25) is 0 Å². The summed E-state index contributed by atoms with van der Waals surface area (Å²) in [6.45, 7) is 0. The van der Waals surface area contributed by atoms with Crippen molar-refractivity contribution < 1.29 is 85.6 Å². The van der Waals surface area contributed by atoms with Crippen LogP contribution in [0.1, 0.15) is 76.8 Å². The Hall–Kier alpha value is -12.1. The van der Waals surface area contributed by atoms with E-state index < -0.39 is 525 Å². The Morgan fingerprint density at radius 3 is 0.848 bits per heavy atom. The van der Waals surface area contributed by atoms with Gasteiger partial charge in [0, 0.05) is 21.5 Å². The third-order valence-electron chi connectivity index (χ3n) is 14.9. The molecule has 0 N–H and O–H groups in total. The molecule has 19 rings (SSSR count). The summed E-state index contributed by atoms with van der Waals surface area (Å²) in [6.07, 6.45) is 0. The molecule has 0 bridgehead atoms. The molecule has 2 heteroatoms. The van der Waals surface area contributed by atoms with Crippen molar-refractivity contribution in [2.75, 3.05) is 0 Å². The molecule has 0 aliphatic carbocycles. The van der Waals surface area contributed by atoms with Crippen molar-refractivity contribution in [2.24, 2.45) is 0 Å². The Morgan fingerprint density at radius 1 is 0.174 bits per heavy atom. The van der Waals surface area contributed by atoms with E-state index in [2.05, 4.69) is 0 Å². The van der Waals surface area contributed by atoms with E-state index in [4.69, 9.17) is 56.8 Å². The molecule has 428 valence electrons. The summed E-state index contributed by atoms with van der Waals surface area (Å²) >= 11 is 0. The number of rotatable bonds is 7. The minimum absolute atomic E-state index is 0.398. The largest absolute Gasteiger partial charge is 0.456 e. The fraction of sp³-hybridized carbons (Fsp3) is 0. The van der Waals surface area contributed by atoms with Gasteiger partial charge in [-0.05, 0) is 179 Å². The molecule has 0 saturated heterocycles. The molecule has 2 nitrogen and oxygen atoms in total. The summed E-state index contributed by atoms with van der Waals surface area (Å²) in [5, 5.41) is -10.1. The minimum atomic E-state index is -1.14. The van der Waals surface area contributed by atoms with Gasteiger partial charge < -0.3 is 8.83 Å². The molecule has 0 aliphatic rings. The average molecular weight is 1230 g/mol. The monoisotopic (exact) mass is 1220 g/mol. The van der Waals surface area contributed by atoms with Gasteiger partial charge in [-0.3, -0.25) is 0 Å². The highest BCUT2D eigenvalue weighted by Crippen LogP contribution is 2.50. The van der Waals surface area contributed by atoms with Crippen molar-refractivity contribution in [2.45, 2.75) is 0 Å². The van der Waals surface area contributed by atoms with Crippen molar-refractivity contribution >= 4 is 109 Å². The van der Waals surface area contributed by atoms with Crippen LogP contribution >= 0.6 is 0 Å². The number of hydrogen-bond acceptors (Lipinski definition) is 2. The molecule has 0 atom stereocenters. The van der Waals surface area contributed by atoms with Gasteiger partial charge in [0.2, 0.25) is 0 Å². The highest BCUT2D eigenvalue weighted by molar-refractivity contribution is 6.27. The van der Waals surface area contributed by atoms with E-state index in [-0.39, 0.29) is 0 Å². The first-order chi connectivity index (χ1) is 69.0. The molecule has 2 heterocycles. The quantitative estimate of drug-likeness (QED) is 0.149. The van der Waals surface area contributed by atoms with Crippen molar-refractivity contribution in [3.63, 3.8) is 0 Å². The number of fused-ring (bicyclic) bond motifs is 14. The second-order valence-electron chi connectivity index (χ2n) is 19.8. The van der Waals surface area contributed by atoms with Crippen LogP contribution in [-0.4, -0.2) is 0 Å². The lowest BCUT2D eigenvalue weighted by Gasteiger charge is -2.20. The van der Waals surface area contributed by atoms with Gasteiger partial charge >= 0.3 is 0 Å². The fourth-order valence-electron chi connectivity index (χ4n) is 11.1. The van der Waals surface area contributed by atoms with Gasteiger partial charge in [-0.2, -0.15) is 0 Å². The smallest absolute Gasteiger partial charge is 0.136 e. The summed E-state index contributed by atoms with van der Waals surface area (Å²) in [4.78, 5) is 0. The molecule has 0 amide bonds. The summed E-state index contributed by atoms with van der Waals surface area (Å²) in [5.41, 5.74) is -14.0. The first kappa shape index (κ1) is 21.3. The highest BCUT2D eigenvalue weighted by Gasteiger charge is 2.23. The first-order valence-electron chi connectivity index (χ1n) is 55.1. The fourth-order valence-corrected chi connectivity index (χ4v) is 11.1. The van der Waals surface area contributed by atoms with Crippen molar-refractivity contribution in [1.29, 1.82) is 0 Å². The lowest BCUT2D eigenvalue weighted by Crippen LogP contribution is -1.92. The van der Waals surface area contributed by atoms with Crippen molar-refractivity contribution in [1.82, 2.24) is 0 Å². The van der Waals surface area contributed by atoms with Gasteiger partial charge in [-0.15, -0.1) is 0 Å². The van der Waals surface area contributed by atoms with Gasteiger partial charge in [0.15, 0.2) is 0 Å². The summed E-state index contributed by atoms with van der Waals surface area (Å²) in [6, 6.07) is -53.7. The maximum atomic E-state index is 9.95. The minimum Gasteiger partial charge on any atom is -0.456 e. The van der Waals surface area contributed by atoms with Crippen molar-refractivity contribution in [3.05, 3.63) is 338 Å². The molecule has 0 spiro atoms. The molecule has 0 saturated carbocycles. The molecule has 92 heavy (non-hydrogen) atoms. The maximum Gasteiger partial charge on any atom is 0.136 e. The van der Waals surface area contributed by atoms with Crippen LogP contribution in [-0.2, 0) is 0 Å². The summed E-state index contributed by atoms with van der Waals surface area (Å²) < 4.78 is 515. The number of benzene rings is 17. The van der Waals surface area contributed by atoms with Gasteiger partial charge in [0.05, 0.1) is 76.8 Å². The zero-order chi connectivity index (χ0) is 109. The molecular weight excluding hydrogens is 1110 g/mol. The molecule has 2 aromatic heterocycles. The number of hydrogen-bond donors (Lipinski definition) is 0. The predicted molar refractivity (Wildman–Crippen MR) is 391 cm³/mol. The second-order valence-corrected chi connectivity index (χ2v) is 19.8. The topological polar surface area (TPSA) is 26.3 Å². The van der Waals surface area contributed by atoms with Crippen molar-refractivity contribution in [3.8, 4) is 77.9 Å². The van der Waals surface area contributed by atoms with Crippen LogP contribution in [0.25, 0.3) is 186 Å². The lowest BCUT2D eigenvalue weighted by molar-refractivity contribution is 0.669. The van der Waals surface area contributed by atoms with E-state index in [1.54, 1.807) is 0 Å².